The first-order chi connectivity index (χ1) is 9.33. The van der Waals surface area contributed by atoms with Crippen molar-refractivity contribution in [2.24, 2.45) is 0 Å². The van der Waals surface area contributed by atoms with Gasteiger partial charge < -0.3 is 14.6 Å². The summed E-state index contributed by atoms with van der Waals surface area (Å²) in [5, 5.41) is 19.0. The highest BCUT2D eigenvalue weighted by atomic mass is 16.4. The SMILES string of the molecule is CN(Cc1ccc2oc(C(=O)O)cc2c1)C(C)(C)CO. The average Bonchev–Trinajstić information content (AvgIpc) is 2.82. The van der Waals surface area contributed by atoms with Crippen LogP contribution >= 0.6 is 0 Å². The lowest BCUT2D eigenvalue weighted by atomic mass is 10.0. The van der Waals surface area contributed by atoms with Crippen LogP contribution in [0.15, 0.2) is 28.7 Å². The molecule has 20 heavy (non-hydrogen) atoms. The van der Waals surface area contributed by atoms with Crippen LogP contribution in [0.2, 0.25) is 0 Å². The van der Waals surface area contributed by atoms with Gasteiger partial charge in [0.05, 0.1) is 6.61 Å². The Labute approximate surface area is 117 Å². The molecule has 5 nitrogen and oxygen atoms in total. The Kier molecular flexibility index (Phi) is 3.83. The minimum Gasteiger partial charge on any atom is -0.475 e. The first kappa shape index (κ1) is 14.6. The number of aromatic carboxylic acids is 1. The van der Waals surface area contributed by atoms with E-state index in [1.54, 1.807) is 6.07 Å². The number of hydrogen-bond acceptors (Lipinski definition) is 4. The highest BCUT2D eigenvalue weighted by Gasteiger charge is 2.22. The van der Waals surface area contributed by atoms with Crippen LogP contribution in [0.25, 0.3) is 11.0 Å². The summed E-state index contributed by atoms with van der Waals surface area (Å²) in [5.74, 6) is -1.12. The summed E-state index contributed by atoms with van der Waals surface area (Å²) in [7, 11) is 1.94. The molecule has 2 N–H and O–H groups in total. The molecule has 0 radical (unpaired) electrons. The summed E-state index contributed by atoms with van der Waals surface area (Å²) in [6.07, 6.45) is 0. The molecular formula is C15H19NO4. The van der Waals surface area contributed by atoms with Crippen LogP contribution in [0.4, 0.5) is 0 Å². The lowest BCUT2D eigenvalue weighted by Gasteiger charge is -2.33. The lowest BCUT2D eigenvalue weighted by Crippen LogP contribution is -2.43. The number of fused-ring (bicyclic) bond motifs is 1. The van der Waals surface area contributed by atoms with E-state index in [1.165, 1.54) is 6.07 Å². The predicted octanol–water partition coefficient (Wildman–Crippen LogP) is 2.33. The number of carboxylic acids is 1. The second kappa shape index (κ2) is 5.26. The fourth-order valence-corrected chi connectivity index (χ4v) is 1.91. The van der Waals surface area contributed by atoms with Gasteiger partial charge in [-0.15, -0.1) is 0 Å². The molecule has 0 atom stereocenters. The summed E-state index contributed by atoms with van der Waals surface area (Å²) in [6, 6.07) is 7.12. The molecule has 1 heterocycles. The van der Waals surface area contributed by atoms with Gasteiger partial charge in [-0.05, 0) is 44.7 Å². The van der Waals surface area contributed by atoms with Crippen molar-refractivity contribution in [2.45, 2.75) is 25.9 Å². The molecule has 0 aliphatic heterocycles. The number of hydrogen-bond donors (Lipinski definition) is 2. The third-order valence-electron chi connectivity index (χ3n) is 3.63. The molecule has 1 aromatic carbocycles. The molecule has 2 aromatic rings. The van der Waals surface area contributed by atoms with E-state index >= 15 is 0 Å². The molecule has 0 aliphatic carbocycles. The Morgan fingerprint density at radius 3 is 2.65 bits per heavy atom. The van der Waals surface area contributed by atoms with E-state index in [9.17, 15) is 9.90 Å². The lowest BCUT2D eigenvalue weighted by molar-refractivity contribution is 0.0665. The first-order valence-corrected chi connectivity index (χ1v) is 6.41. The van der Waals surface area contributed by atoms with Crippen molar-refractivity contribution >= 4 is 16.9 Å². The Bertz CT molecular complexity index is 630. The quantitative estimate of drug-likeness (QED) is 0.877. The Balaban J connectivity index is 2.26. The molecule has 0 fully saturated rings. The minimum atomic E-state index is -1.07. The fourth-order valence-electron chi connectivity index (χ4n) is 1.91. The van der Waals surface area contributed by atoms with Crippen LogP contribution in [0.3, 0.4) is 0 Å². The summed E-state index contributed by atoms with van der Waals surface area (Å²) in [5.41, 5.74) is 1.30. The van der Waals surface area contributed by atoms with E-state index < -0.39 is 5.97 Å². The van der Waals surface area contributed by atoms with Crippen molar-refractivity contribution in [3.05, 3.63) is 35.6 Å². The zero-order chi connectivity index (χ0) is 14.9. The molecule has 1 aromatic heterocycles. The van der Waals surface area contributed by atoms with Crippen LogP contribution in [0.5, 0.6) is 0 Å². The molecule has 2 rings (SSSR count). The molecular weight excluding hydrogens is 258 g/mol. The van der Waals surface area contributed by atoms with Crippen molar-refractivity contribution in [1.29, 1.82) is 0 Å². The second-order valence-electron chi connectivity index (χ2n) is 5.61. The molecule has 0 spiro atoms. The van der Waals surface area contributed by atoms with Crippen molar-refractivity contribution < 1.29 is 19.4 Å². The maximum atomic E-state index is 10.9. The largest absolute Gasteiger partial charge is 0.475 e. The zero-order valence-electron chi connectivity index (χ0n) is 11.9. The van der Waals surface area contributed by atoms with E-state index in [-0.39, 0.29) is 17.9 Å². The number of carboxylic acid groups (broad SMARTS) is 1. The third kappa shape index (κ3) is 2.84. The summed E-state index contributed by atoms with van der Waals surface area (Å²) < 4.78 is 5.22. The van der Waals surface area contributed by atoms with Crippen LogP contribution in [-0.4, -0.2) is 40.3 Å². The van der Waals surface area contributed by atoms with Crippen LogP contribution in [-0.2, 0) is 6.54 Å². The topological polar surface area (TPSA) is 73.9 Å². The molecule has 0 amide bonds. The third-order valence-corrected chi connectivity index (χ3v) is 3.63. The highest BCUT2D eigenvalue weighted by molar-refractivity contribution is 5.91. The van der Waals surface area contributed by atoms with Crippen LogP contribution in [0.1, 0.15) is 30.0 Å². The zero-order valence-corrected chi connectivity index (χ0v) is 11.9. The molecule has 0 saturated carbocycles. The smallest absolute Gasteiger partial charge is 0.371 e. The summed E-state index contributed by atoms with van der Waals surface area (Å²) in [6.45, 7) is 4.66. The van der Waals surface area contributed by atoms with Gasteiger partial charge >= 0.3 is 5.97 Å². The first-order valence-electron chi connectivity index (χ1n) is 6.41. The Hall–Kier alpha value is -1.85. The number of aliphatic hydroxyl groups excluding tert-OH is 1. The normalized spacial score (nSPS) is 12.2. The molecule has 0 bridgehead atoms. The van der Waals surface area contributed by atoms with Gasteiger partial charge in [-0.25, -0.2) is 4.79 Å². The summed E-state index contributed by atoms with van der Waals surface area (Å²) >= 11 is 0. The molecule has 5 heteroatoms. The molecule has 108 valence electrons. The molecule has 0 aliphatic rings. The number of rotatable bonds is 5. The van der Waals surface area contributed by atoms with Crippen molar-refractivity contribution in [3.63, 3.8) is 0 Å². The van der Waals surface area contributed by atoms with Gasteiger partial charge in [-0.1, -0.05) is 6.07 Å². The van der Waals surface area contributed by atoms with Crippen LogP contribution < -0.4 is 0 Å². The van der Waals surface area contributed by atoms with Gasteiger partial charge in [0.15, 0.2) is 0 Å². The van der Waals surface area contributed by atoms with E-state index in [1.807, 2.05) is 37.9 Å². The van der Waals surface area contributed by atoms with E-state index in [4.69, 9.17) is 9.52 Å². The van der Waals surface area contributed by atoms with Crippen molar-refractivity contribution in [2.75, 3.05) is 13.7 Å². The van der Waals surface area contributed by atoms with Crippen molar-refractivity contribution in [3.8, 4) is 0 Å². The monoisotopic (exact) mass is 277 g/mol. The van der Waals surface area contributed by atoms with Gasteiger partial charge in [-0.3, -0.25) is 4.90 Å². The van der Waals surface area contributed by atoms with Gasteiger partial charge in [0, 0.05) is 17.5 Å². The number of likely N-dealkylation sites (N-methyl/N-ethyl adjacent to an activating group) is 1. The average molecular weight is 277 g/mol. The molecule has 0 saturated heterocycles. The van der Waals surface area contributed by atoms with Gasteiger partial charge in [0.25, 0.3) is 0 Å². The maximum Gasteiger partial charge on any atom is 0.371 e. The van der Waals surface area contributed by atoms with E-state index in [0.717, 1.165) is 10.9 Å². The van der Waals surface area contributed by atoms with Gasteiger partial charge in [0.1, 0.15) is 5.58 Å². The fraction of sp³-hybridized carbons (Fsp3) is 0.400. The number of furan rings is 1. The predicted molar refractivity (Wildman–Crippen MR) is 75.8 cm³/mol. The minimum absolute atomic E-state index is 0.0545. The Morgan fingerprint density at radius 1 is 1.35 bits per heavy atom. The van der Waals surface area contributed by atoms with Gasteiger partial charge in [-0.2, -0.15) is 0 Å². The number of aliphatic hydroxyl groups is 1. The van der Waals surface area contributed by atoms with Crippen LogP contribution in [0, 0.1) is 0 Å². The van der Waals surface area contributed by atoms with E-state index in [2.05, 4.69) is 0 Å². The van der Waals surface area contributed by atoms with Gasteiger partial charge in [0.2, 0.25) is 5.76 Å². The maximum absolute atomic E-state index is 10.9. The molecule has 0 unspecified atom stereocenters. The highest BCUT2D eigenvalue weighted by Crippen LogP contribution is 2.23. The number of nitrogens with zero attached hydrogens (tertiary/aromatic N) is 1. The Morgan fingerprint density at radius 2 is 2.05 bits per heavy atom. The second-order valence-corrected chi connectivity index (χ2v) is 5.61. The number of carbonyl (C=O) groups is 1. The summed E-state index contributed by atoms with van der Waals surface area (Å²) in [4.78, 5) is 12.9. The standard InChI is InChI=1S/C15H19NO4/c1-15(2,9-17)16(3)8-10-4-5-12-11(6-10)7-13(20-12)14(18)19/h4-7,17H,8-9H2,1-3H3,(H,18,19). The number of benzene rings is 1. The van der Waals surface area contributed by atoms with E-state index in [0.29, 0.717) is 12.1 Å². The van der Waals surface area contributed by atoms with Crippen molar-refractivity contribution in [1.82, 2.24) is 4.90 Å².